The van der Waals surface area contributed by atoms with Gasteiger partial charge in [0.2, 0.25) is 0 Å². The quantitative estimate of drug-likeness (QED) is 0.782. The topological polar surface area (TPSA) is 30.5 Å². The molecule has 1 rings (SSSR count). The summed E-state index contributed by atoms with van der Waals surface area (Å²) >= 11 is 0. The highest BCUT2D eigenvalue weighted by Gasteiger charge is 2.18. The molecule has 0 spiro atoms. The lowest BCUT2D eigenvalue weighted by atomic mass is 10.1. The van der Waals surface area contributed by atoms with E-state index in [4.69, 9.17) is 9.47 Å². The first-order valence-electron chi connectivity index (χ1n) is 7.48. The highest BCUT2D eigenvalue weighted by Crippen LogP contribution is 2.19. The number of hydrogen-bond donors (Lipinski definition) is 1. The van der Waals surface area contributed by atoms with Crippen LogP contribution in [0.5, 0.6) is 5.75 Å². The van der Waals surface area contributed by atoms with Crippen molar-refractivity contribution >= 4 is 0 Å². The molecular formula is C17H29NO2. The lowest BCUT2D eigenvalue weighted by molar-refractivity contribution is -0.0103. The molecule has 0 aliphatic heterocycles. The molecule has 1 aromatic carbocycles. The van der Waals surface area contributed by atoms with Gasteiger partial charge in [-0.1, -0.05) is 12.1 Å². The SMILES string of the molecule is CCOC(C)(C)CNC(C)c1ccc(OC(C)C)cc1. The van der Waals surface area contributed by atoms with Gasteiger partial charge in [0.1, 0.15) is 5.75 Å². The number of nitrogens with one attached hydrogen (secondary N) is 1. The van der Waals surface area contributed by atoms with Crippen LogP contribution in [0.3, 0.4) is 0 Å². The fraction of sp³-hybridized carbons (Fsp3) is 0.647. The zero-order valence-electron chi connectivity index (χ0n) is 13.7. The van der Waals surface area contributed by atoms with Gasteiger partial charge < -0.3 is 14.8 Å². The number of rotatable bonds is 8. The van der Waals surface area contributed by atoms with Crippen molar-refractivity contribution in [3.05, 3.63) is 29.8 Å². The van der Waals surface area contributed by atoms with Crippen molar-refractivity contribution in [3.63, 3.8) is 0 Å². The Balaban J connectivity index is 2.53. The molecule has 0 radical (unpaired) electrons. The van der Waals surface area contributed by atoms with E-state index in [1.54, 1.807) is 0 Å². The molecule has 1 aromatic rings. The van der Waals surface area contributed by atoms with Gasteiger partial charge in [0, 0.05) is 19.2 Å². The largest absolute Gasteiger partial charge is 0.491 e. The minimum atomic E-state index is -0.135. The van der Waals surface area contributed by atoms with E-state index in [1.165, 1.54) is 5.56 Å². The maximum absolute atomic E-state index is 5.70. The summed E-state index contributed by atoms with van der Waals surface area (Å²) in [4.78, 5) is 0. The zero-order valence-corrected chi connectivity index (χ0v) is 13.7. The molecule has 0 aromatic heterocycles. The monoisotopic (exact) mass is 279 g/mol. The second-order valence-corrected chi connectivity index (χ2v) is 6.03. The normalized spacial score (nSPS) is 13.6. The molecule has 0 heterocycles. The third-order valence-electron chi connectivity index (χ3n) is 3.12. The molecule has 3 nitrogen and oxygen atoms in total. The molecular weight excluding hydrogens is 250 g/mol. The van der Waals surface area contributed by atoms with Crippen LogP contribution in [0.1, 0.15) is 53.1 Å². The Morgan fingerprint density at radius 3 is 2.20 bits per heavy atom. The van der Waals surface area contributed by atoms with E-state index in [-0.39, 0.29) is 11.7 Å². The van der Waals surface area contributed by atoms with Crippen molar-refractivity contribution in [2.75, 3.05) is 13.2 Å². The predicted octanol–water partition coefficient (Wildman–Crippen LogP) is 3.94. The fourth-order valence-electron chi connectivity index (χ4n) is 2.07. The maximum Gasteiger partial charge on any atom is 0.119 e. The van der Waals surface area contributed by atoms with Crippen LogP contribution < -0.4 is 10.1 Å². The zero-order chi connectivity index (χ0) is 15.2. The molecule has 0 saturated heterocycles. The lowest BCUT2D eigenvalue weighted by Crippen LogP contribution is -2.38. The summed E-state index contributed by atoms with van der Waals surface area (Å²) in [5.74, 6) is 0.922. The van der Waals surface area contributed by atoms with E-state index in [9.17, 15) is 0 Å². The number of benzene rings is 1. The van der Waals surface area contributed by atoms with Crippen LogP contribution in [-0.2, 0) is 4.74 Å². The minimum absolute atomic E-state index is 0.135. The Bertz CT molecular complexity index is 384. The average Bonchev–Trinajstić information content (AvgIpc) is 2.36. The smallest absolute Gasteiger partial charge is 0.119 e. The van der Waals surface area contributed by atoms with Crippen molar-refractivity contribution in [1.82, 2.24) is 5.32 Å². The van der Waals surface area contributed by atoms with E-state index in [0.717, 1.165) is 18.9 Å². The van der Waals surface area contributed by atoms with Crippen LogP contribution in [0.4, 0.5) is 0 Å². The first-order chi connectivity index (χ1) is 9.34. The fourth-order valence-corrected chi connectivity index (χ4v) is 2.07. The van der Waals surface area contributed by atoms with Crippen LogP contribution in [0.15, 0.2) is 24.3 Å². The van der Waals surface area contributed by atoms with Crippen molar-refractivity contribution in [2.45, 2.75) is 59.3 Å². The molecule has 0 fully saturated rings. The Kier molecular flexibility index (Phi) is 6.50. The molecule has 3 heteroatoms. The predicted molar refractivity (Wildman–Crippen MR) is 84.3 cm³/mol. The third-order valence-corrected chi connectivity index (χ3v) is 3.12. The van der Waals surface area contributed by atoms with Gasteiger partial charge in [-0.3, -0.25) is 0 Å². The summed E-state index contributed by atoms with van der Waals surface area (Å²) in [6, 6.07) is 8.58. The molecule has 0 amide bonds. The van der Waals surface area contributed by atoms with Crippen LogP contribution in [0, 0.1) is 0 Å². The molecule has 1 atom stereocenters. The van der Waals surface area contributed by atoms with Gasteiger partial charge in [0.15, 0.2) is 0 Å². The van der Waals surface area contributed by atoms with E-state index >= 15 is 0 Å². The van der Waals surface area contributed by atoms with Crippen molar-refractivity contribution in [2.24, 2.45) is 0 Å². The minimum Gasteiger partial charge on any atom is -0.491 e. The Labute approximate surface area is 123 Å². The molecule has 114 valence electrons. The van der Waals surface area contributed by atoms with Gasteiger partial charge in [-0.2, -0.15) is 0 Å². The molecule has 20 heavy (non-hydrogen) atoms. The summed E-state index contributed by atoms with van der Waals surface area (Å²) < 4.78 is 11.4. The van der Waals surface area contributed by atoms with Crippen molar-refractivity contribution in [3.8, 4) is 5.75 Å². The van der Waals surface area contributed by atoms with Crippen LogP contribution >= 0.6 is 0 Å². The first kappa shape index (κ1) is 17.0. The van der Waals surface area contributed by atoms with Gasteiger partial charge in [-0.05, 0) is 59.2 Å². The van der Waals surface area contributed by atoms with Crippen LogP contribution in [0.2, 0.25) is 0 Å². The lowest BCUT2D eigenvalue weighted by Gasteiger charge is -2.27. The van der Waals surface area contributed by atoms with Gasteiger partial charge >= 0.3 is 0 Å². The summed E-state index contributed by atoms with van der Waals surface area (Å²) in [5.41, 5.74) is 1.12. The standard InChI is InChI=1S/C17H29NO2/c1-7-19-17(5,6)12-18-14(4)15-8-10-16(11-9-15)20-13(2)3/h8-11,13-14,18H,7,12H2,1-6H3. The Morgan fingerprint density at radius 2 is 1.70 bits per heavy atom. The molecule has 0 aliphatic rings. The highest BCUT2D eigenvalue weighted by atomic mass is 16.5. The molecule has 1 N–H and O–H groups in total. The van der Waals surface area contributed by atoms with Crippen LogP contribution in [-0.4, -0.2) is 24.9 Å². The summed E-state index contributed by atoms with van der Waals surface area (Å²) in [6.07, 6.45) is 0.211. The van der Waals surface area contributed by atoms with Crippen molar-refractivity contribution in [1.29, 1.82) is 0 Å². The first-order valence-corrected chi connectivity index (χ1v) is 7.48. The van der Waals surface area contributed by atoms with E-state index in [2.05, 4.69) is 38.2 Å². The van der Waals surface area contributed by atoms with Gasteiger partial charge in [-0.15, -0.1) is 0 Å². The van der Waals surface area contributed by atoms with E-state index in [1.807, 2.05) is 32.9 Å². The third kappa shape index (κ3) is 5.93. The maximum atomic E-state index is 5.70. The van der Waals surface area contributed by atoms with Gasteiger partial charge in [0.05, 0.1) is 11.7 Å². The summed E-state index contributed by atoms with van der Waals surface area (Å²) in [5, 5.41) is 3.52. The van der Waals surface area contributed by atoms with E-state index in [0.29, 0.717) is 6.04 Å². The Morgan fingerprint density at radius 1 is 1.10 bits per heavy atom. The molecule has 0 saturated carbocycles. The number of ether oxygens (including phenoxy) is 2. The second-order valence-electron chi connectivity index (χ2n) is 6.03. The summed E-state index contributed by atoms with van der Waals surface area (Å²) in [6.45, 7) is 14.0. The van der Waals surface area contributed by atoms with Crippen molar-refractivity contribution < 1.29 is 9.47 Å². The van der Waals surface area contributed by atoms with Gasteiger partial charge in [0.25, 0.3) is 0 Å². The second kappa shape index (κ2) is 7.65. The highest BCUT2D eigenvalue weighted by molar-refractivity contribution is 5.29. The summed E-state index contributed by atoms with van der Waals surface area (Å²) in [7, 11) is 0. The van der Waals surface area contributed by atoms with Crippen LogP contribution in [0.25, 0.3) is 0 Å². The Hall–Kier alpha value is -1.06. The number of hydrogen-bond acceptors (Lipinski definition) is 3. The van der Waals surface area contributed by atoms with Gasteiger partial charge in [-0.25, -0.2) is 0 Å². The molecule has 0 aliphatic carbocycles. The average molecular weight is 279 g/mol. The van der Waals surface area contributed by atoms with E-state index < -0.39 is 0 Å². The molecule has 0 bridgehead atoms. The molecule has 1 unspecified atom stereocenters.